The molecule has 0 atom stereocenters. The van der Waals surface area contributed by atoms with Gasteiger partial charge in [0.25, 0.3) is 0 Å². The van der Waals surface area contributed by atoms with Gasteiger partial charge in [0, 0.05) is 16.9 Å². The summed E-state index contributed by atoms with van der Waals surface area (Å²) in [5, 5.41) is 19.5. The fourth-order valence-electron chi connectivity index (χ4n) is 0.568. The molecule has 0 aliphatic carbocycles. The van der Waals surface area contributed by atoms with E-state index in [4.69, 9.17) is 9.66 Å². The van der Waals surface area contributed by atoms with Gasteiger partial charge >= 0.3 is 0 Å². The predicted octanol–water partition coefficient (Wildman–Crippen LogP) is 1.03. The van der Waals surface area contributed by atoms with E-state index in [1.165, 1.54) is 18.2 Å². The van der Waals surface area contributed by atoms with Crippen molar-refractivity contribution in [3.63, 3.8) is 0 Å². The Labute approximate surface area is 62.1 Å². The van der Waals surface area contributed by atoms with Crippen molar-refractivity contribution in [2.24, 2.45) is 0 Å². The first-order valence-electron chi connectivity index (χ1n) is 2.55. The maximum atomic E-state index is 10.7. The third kappa shape index (κ3) is 1.34. The van der Waals surface area contributed by atoms with Crippen LogP contribution in [-0.2, 0) is 0 Å². The van der Waals surface area contributed by atoms with Gasteiger partial charge in [-0.15, -0.1) is 0 Å². The van der Waals surface area contributed by atoms with Crippen molar-refractivity contribution in [3.05, 3.63) is 18.2 Å². The molecule has 0 saturated carbocycles. The molecule has 4 heteroatoms. The smallest absolute Gasteiger partial charge is 0.116 e. The van der Waals surface area contributed by atoms with Gasteiger partial charge in [0.1, 0.15) is 5.75 Å². The Hall–Kier alpha value is -0.870. The van der Waals surface area contributed by atoms with Gasteiger partial charge in [0.2, 0.25) is 0 Å². The van der Waals surface area contributed by atoms with Crippen LogP contribution in [0.2, 0.25) is 0 Å². The van der Waals surface area contributed by atoms with Gasteiger partial charge in [0.15, 0.2) is 0 Å². The lowest BCUT2D eigenvalue weighted by Crippen LogP contribution is -1.90. The minimum absolute atomic E-state index is 0.0175. The lowest BCUT2D eigenvalue weighted by Gasteiger charge is -2.08. The van der Waals surface area contributed by atoms with Crippen LogP contribution in [0.1, 0.15) is 0 Å². The molecule has 0 aliphatic rings. The van der Waals surface area contributed by atoms with Crippen molar-refractivity contribution in [3.8, 4) is 11.5 Å². The van der Waals surface area contributed by atoms with Crippen molar-refractivity contribution < 1.29 is 14.8 Å². The lowest BCUT2D eigenvalue weighted by atomic mass is 10.3. The second-order valence-corrected chi connectivity index (χ2v) is 2.34. The molecule has 0 heterocycles. The Morgan fingerprint density at radius 1 is 1.40 bits per heavy atom. The maximum Gasteiger partial charge on any atom is 0.116 e. The third-order valence-electron chi connectivity index (χ3n) is 1.03. The zero-order valence-electron chi connectivity index (χ0n) is 4.94. The Balaban J connectivity index is 3.09. The molecule has 1 rings (SSSR count). The zero-order valence-corrected chi connectivity index (χ0v) is 5.76. The average molecular weight is 157 g/mol. The molecule has 0 fully saturated rings. The van der Waals surface area contributed by atoms with E-state index in [1.807, 2.05) is 0 Å². The minimum Gasteiger partial charge on any atom is -0.872 e. The molecule has 10 heavy (non-hydrogen) atoms. The minimum atomic E-state index is -0.287. The van der Waals surface area contributed by atoms with Crippen LogP contribution in [0.5, 0.6) is 11.5 Å². The van der Waals surface area contributed by atoms with Crippen molar-refractivity contribution in [1.82, 2.24) is 0 Å². The van der Waals surface area contributed by atoms with Gasteiger partial charge in [-0.2, -0.15) is 0 Å². The van der Waals surface area contributed by atoms with Gasteiger partial charge in [-0.1, -0.05) is 11.8 Å². The van der Waals surface area contributed by atoms with Gasteiger partial charge in [-0.3, -0.25) is 0 Å². The molecule has 0 aromatic heterocycles. The van der Waals surface area contributed by atoms with E-state index >= 15 is 0 Å². The molecule has 0 aliphatic heterocycles. The molecule has 3 nitrogen and oxygen atoms in total. The van der Waals surface area contributed by atoms with Crippen LogP contribution < -0.4 is 5.11 Å². The Kier molecular flexibility index (Phi) is 2.03. The van der Waals surface area contributed by atoms with E-state index < -0.39 is 0 Å². The highest BCUT2D eigenvalue weighted by atomic mass is 32.2. The van der Waals surface area contributed by atoms with Crippen molar-refractivity contribution in [2.45, 2.75) is 4.90 Å². The molecule has 0 spiro atoms. The fraction of sp³-hybridized carbons (Fsp3) is 0. The molecule has 0 saturated heterocycles. The molecule has 1 aromatic rings. The highest BCUT2D eigenvalue weighted by molar-refractivity contribution is 7.93. The molecule has 1 aromatic carbocycles. The summed E-state index contributed by atoms with van der Waals surface area (Å²) >= 11 is 0.337. The average Bonchev–Trinajstić information content (AvgIpc) is 1.94. The molecule has 0 radical (unpaired) electrons. The van der Waals surface area contributed by atoms with Crippen LogP contribution in [-0.4, -0.2) is 9.66 Å². The van der Waals surface area contributed by atoms with Gasteiger partial charge in [0.05, 0.1) is 0 Å². The SMILES string of the molecule is [O-]c1ccc(O)cc1SO. The van der Waals surface area contributed by atoms with E-state index in [0.29, 0.717) is 12.0 Å². The van der Waals surface area contributed by atoms with E-state index in [0.717, 1.165) is 0 Å². The number of aromatic hydroxyl groups is 1. The lowest BCUT2D eigenvalue weighted by molar-refractivity contribution is -0.272. The van der Waals surface area contributed by atoms with Crippen LogP contribution in [0.25, 0.3) is 0 Å². The fourth-order valence-corrected chi connectivity index (χ4v) is 0.900. The molecule has 0 amide bonds. The summed E-state index contributed by atoms with van der Waals surface area (Å²) in [7, 11) is 0. The van der Waals surface area contributed by atoms with E-state index in [1.54, 1.807) is 0 Å². The third-order valence-corrected chi connectivity index (χ3v) is 1.54. The summed E-state index contributed by atoms with van der Waals surface area (Å²) in [5.41, 5.74) is 0. The van der Waals surface area contributed by atoms with E-state index in [2.05, 4.69) is 0 Å². The highest BCUT2D eigenvalue weighted by Crippen LogP contribution is 2.27. The Bertz CT molecular complexity index is 236. The Morgan fingerprint density at radius 2 is 2.10 bits per heavy atom. The number of hydrogen-bond acceptors (Lipinski definition) is 4. The van der Waals surface area contributed by atoms with Crippen LogP contribution in [0.3, 0.4) is 0 Å². The first-order chi connectivity index (χ1) is 4.74. The molecular formula is C6H5O3S-. The molecule has 54 valence electrons. The predicted molar refractivity (Wildman–Crippen MR) is 36.0 cm³/mol. The summed E-state index contributed by atoms with van der Waals surface area (Å²) < 4.78 is 8.45. The number of rotatable bonds is 1. The first kappa shape index (κ1) is 7.24. The van der Waals surface area contributed by atoms with Gasteiger partial charge in [-0.05, 0) is 12.1 Å². The topological polar surface area (TPSA) is 63.5 Å². The monoisotopic (exact) mass is 157 g/mol. The second-order valence-electron chi connectivity index (χ2n) is 1.72. The highest BCUT2D eigenvalue weighted by Gasteiger charge is 1.93. The largest absolute Gasteiger partial charge is 0.872 e. The van der Waals surface area contributed by atoms with Crippen LogP contribution in [0, 0.1) is 0 Å². The summed E-state index contributed by atoms with van der Waals surface area (Å²) in [6.45, 7) is 0. The van der Waals surface area contributed by atoms with Crippen LogP contribution in [0.4, 0.5) is 0 Å². The first-order valence-corrected chi connectivity index (χ1v) is 3.33. The zero-order chi connectivity index (χ0) is 7.56. The number of benzene rings is 1. The molecular weight excluding hydrogens is 152 g/mol. The number of hydrogen-bond donors (Lipinski definition) is 2. The van der Waals surface area contributed by atoms with Crippen LogP contribution >= 0.6 is 12.0 Å². The Morgan fingerprint density at radius 3 is 2.60 bits per heavy atom. The van der Waals surface area contributed by atoms with Crippen molar-refractivity contribution >= 4 is 12.0 Å². The quantitative estimate of drug-likeness (QED) is 0.597. The molecule has 0 unspecified atom stereocenters. The standard InChI is InChI=1S/C6H6O3S/c7-4-1-2-5(8)6(3-4)10-9/h1-3,7-9H/p-1. The second kappa shape index (κ2) is 2.81. The summed E-state index contributed by atoms with van der Waals surface area (Å²) in [4.78, 5) is 0.139. The van der Waals surface area contributed by atoms with Gasteiger partial charge in [-0.25, -0.2) is 0 Å². The normalized spacial score (nSPS) is 9.70. The maximum absolute atomic E-state index is 10.7. The number of phenols is 1. The molecule has 0 bridgehead atoms. The summed E-state index contributed by atoms with van der Waals surface area (Å²) in [6.07, 6.45) is 0. The molecule has 2 N–H and O–H groups in total. The summed E-state index contributed by atoms with van der Waals surface area (Å²) in [6, 6.07) is 3.70. The van der Waals surface area contributed by atoms with E-state index in [9.17, 15) is 5.11 Å². The number of phenolic OH excluding ortho intramolecular Hbond substituents is 1. The summed E-state index contributed by atoms with van der Waals surface area (Å²) in [5.74, 6) is -0.304. The van der Waals surface area contributed by atoms with Gasteiger partial charge < -0.3 is 14.8 Å². The van der Waals surface area contributed by atoms with Crippen molar-refractivity contribution in [1.29, 1.82) is 0 Å². The van der Waals surface area contributed by atoms with E-state index in [-0.39, 0.29) is 16.4 Å². The van der Waals surface area contributed by atoms with Crippen LogP contribution in [0.15, 0.2) is 23.1 Å². The van der Waals surface area contributed by atoms with Crippen molar-refractivity contribution in [2.75, 3.05) is 0 Å².